The first-order valence-electron chi connectivity index (χ1n) is 6.11. The van der Waals surface area contributed by atoms with Gasteiger partial charge in [-0.3, -0.25) is 24.7 Å². The van der Waals surface area contributed by atoms with E-state index in [0.29, 0.717) is 0 Å². The van der Waals surface area contributed by atoms with Gasteiger partial charge in [0.25, 0.3) is 0 Å². The molecular weight excluding hydrogens is 222 g/mol. The lowest BCUT2D eigenvalue weighted by Gasteiger charge is -2.34. The van der Waals surface area contributed by atoms with E-state index in [1.807, 2.05) is 0 Å². The topological polar surface area (TPSA) is 69.7 Å². The molecule has 92 valence electrons. The third kappa shape index (κ3) is 1.55. The van der Waals surface area contributed by atoms with E-state index >= 15 is 0 Å². The molecule has 4 amide bonds. The lowest BCUT2D eigenvalue weighted by molar-refractivity contribution is -0.141. The van der Waals surface area contributed by atoms with Gasteiger partial charge < -0.3 is 0 Å². The third-order valence-corrected chi connectivity index (χ3v) is 4.00. The number of carbonyl (C=O) groups is 3. The van der Waals surface area contributed by atoms with E-state index in [4.69, 9.17) is 0 Å². The first kappa shape index (κ1) is 10.7. The van der Waals surface area contributed by atoms with Gasteiger partial charge in [-0.05, 0) is 25.8 Å². The zero-order chi connectivity index (χ0) is 12.0. The average molecular weight is 237 g/mol. The summed E-state index contributed by atoms with van der Waals surface area (Å²) in [5.74, 6) is -1.48. The molecule has 3 saturated heterocycles. The molecule has 2 unspecified atom stereocenters. The quantitative estimate of drug-likeness (QED) is 0.502. The Bertz CT molecular complexity index is 395. The molecule has 0 aromatic heterocycles. The molecule has 0 spiro atoms. The largest absolute Gasteiger partial charge is 0.331 e. The first-order valence-corrected chi connectivity index (χ1v) is 6.11. The highest BCUT2D eigenvalue weighted by atomic mass is 16.2. The third-order valence-electron chi connectivity index (χ3n) is 4.00. The van der Waals surface area contributed by atoms with Gasteiger partial charge in [-0.1, -0.05) is 6.42 Å². The molecule has 0 aromatic carbocycles. The number of piperidine rings is 1. The second-order valence-electron chi connectivity index (χ2n) is 4.89. The highest BCUT2D eigenvalue weighted by molar-refractivity contribution is 6.44. The summed E-state index contributed by atoms with van der Waals surface area (Å²) in [5, 5.41) is 2.07. The van der Waals surface area contributed by atoms with Crippen LogP contribution in [0.4, 0.5) is 4.79 Å². The fourth-order valence-electron chi connectivity index (χ4n) is 3.24. The maximum absolute atomic E-state index is 11.7. The van der Waals surface area contributed by atoms with Crippen LogP contribution in [0.3, 0.4) is 0 Å². The van der Waals surface area contributed by atoms with Gasteiger partial charge in [-0.25, -0.2) is 4.79 Å². The number of hydrogen-bond donors (Lipinski definition) is 1. The minimum absolute atomic E-state index is 0.116. The Labute approximate surface area is 98.9 Å². The molecule has 3 rings (SSSR count). The highest BCUT2D eigenvalue weighted by Crippen LogP contribution is 2.31. The number of amides is 4. The fourth-order valence-corrected chi connectivity index (χ4v) is 3.24. The van der Waals surface area contributed by atoms with Crippen molar-refractivity contribution >= 4 is 17.8 Å². The smallest absolute Gasteiger partial charge is 0.298 e. The van der Waals surface area contributed by atoms with Gasteiger partial charge in [-0.15, -0.1) is 0 Å². The molecule has 17 heavy (non-hydrogen) atoms. The second-order valence-corrected chi connectivity index (χ2v) is 4.89. The van der Waals surface area contributed by atoms with E-state index in [2.05, 4.69) is 10.2 Å². The van der Waals surface area contributed by atoms with Crippen LogP contribution in [0.1, 0.15) is 25.7 Å². The Balaban J connectivity index is 1.82. The number of carbonyl (C=O) groups excluding carboxylic acids is 3. The number of hydrogen-bond acceptors (Lipinski definition) is 4. The van der Waals surface area contributed by atoms with Crippen molar-refractivity contribution in [3.8, 4) is 0 Å². The van der Waals surface area contributed by atoms with Gasteiger partial charge in [0.1, 0.15) is 0 Å². The summed E-state index contributed by atoms with van der Waals surface area (Å²) in [4.78, 5) is 37.9. The Hall–Kier alpha value is -1.43. The standard InChI is InChI=1S/C11H15N3O3/c15-9-10(16)14(11(17)12-9)8-4-6-13-5-2-1-3-7(8)13/h7-8H,1-6H2,(H,12,15,17). The molecule has 0 aliphatic carbocycles. The van der Waals surface area contributed by atoms with Crippen molar-refractivity contribution in [3.05, 3.63) is 0 Å². The van der Waals surface area contributed by atoms with E-state index in [1.165, 1.54) is 6.42 Å². The molecule has 3 fully saturated rings. The average Bonchev–Trinajstić information content (AvgIpc) is 2.82. The zero-order valence-electron chi connectivity index (χ0n) is 9.52. The van der Waals surface area contributed by atoms with Gasteiger partial charge in [0, 0.05) is 12.6 Å². The number of nitrogens with one attached hydrogen (secondary N) is 1. The minimum Gasteiger partial charge on any atom is -0.298 e. The SMILES string of the molecule is O=C1NC(=O)N(C2CCN3CCCCC23)C1=O. The summed E-state index contributed by atoms with van der Waals surface area (Å²) < 4.78 is 0. The lowest BCUT2D eigenvalue weighted by Crippen LogP contribution is -2.49. The summed E-state index contributed by atoms with van der Waals surface area (Å²) in [6.45, 7) is 1.96. The van der Waals surface area contributed by atoms with E-state index in [1.54, 1.807) is 0 Å². The summed E-state index contributed by atoms with van der Waals surface area (Å²) in [6, 6.07) is -0.406. The van der Waals surface area contributed by atoms with E-state index in [-0.39, 0.29) is 12.1 Å². The molecule has 3 aliphatic heterocycles. The summed E-state index contributed by atoms with van der Waals surface area (Å²) in [7, 11) is 0. The van der Waals surface area contributed by atoms with E-state index in [0.717, 1.165) is 37.3 Å². The maximum Gasteiger partial charge on any atom is 0.331 e. The molecule has 2 atom stereocenters. The van der Waals surface area contributed by atoms with Crippen LogP contribution in [0.15, 0.2) is 0 Å². The molecule has 0 bridgehead atoms. The summed E-state index contributed by atoms with van der Waals surface area (Å²) in [5.41, 5.74) is 0. The molecule has 3 aliphatic rings. The van der Waals surface area contributed by atoms with Crippen molar-refractivity contribution in [2.24, 2.45) is 0 Å². The highest BCUT2D eigenvalue weighted by Gasteiger charge is 2.48. The van der Waals surface area contributed by atoms with Crippen LogP contribution in [0.5, 0.6) is 0 Å². The van der Waals surface area contributed by atoms with E-state index in [9.17, 15) is 14.4 Å². The van der Waals surface area contributed by atoms with Crippen LogP contribution in [-0.2, 0) is 9.59 Å². The van der Waals surface area contributed by atoms with Crippen molar-refractivity contribution in [3.63, 3.8) is 0 Å². The van der Waals surface area contributed by atoms with E-state index < -0.39 is 17.8 Å². The first-order chi connectivity index (χ1) is 8.18. The van der Waals surface area contributed by atoms with Crippen LogP contribution in [0, 0.1) is 0 Å². The van der Waals surface area contributed by atoms with Crippen LogP contribution < -0.4 is 5.32 Å². The lowest BCUT2D eigenvalue weighted by atomic mass is 9.98. The van der Waals surface area contributed by atoms with Crippen LogP contribution in [0.2, 0.25) is 0 Å². The van der Waals surface area contributed by atoms with Gasteiger partial charge in [-0.2, -0.15) is 0 Å². The Morgan fingerprint density at radius 1 is 1.00 bits per heavy atom. The maximum atomic E-state index is 11.7. The van der Waals surface area contributed by atoms with Gasteiger partial charge in [0.05, 0.1) is 6.04 Å². The predicted octanol–water partition coefficient (Wildman–Crippen LogP) is -0.308. The molecule has 6 nitrogen and oxygen atoms in total. The Kier molecular flexibility index (Phi) is 2.39. The molecule has 0 radical (unpaired) electrons. The number of rotatable bonds is 1. The normalized spacial score (nSPS) is 34.1. The number of fused-ring (bicyclic) bond motifs is 1. The van der Waals surface area contributed by atoms with Crippen LogP contribution >= 0.6 is 0 Å². The monoisotopic (exact) mass is 237 g/mol. The molecule has 1 N–H and O–H groups in total. The second kappa shape index (κ2) is 3.80. The molecule has 0 aromatic rings. The summed E-state index contributed by atoms with van der Waals surface area (Å²) in [6.07, 6.45) is 4.12. The molecule has 3 heterocycles. The van der Waals surface area contributed by atoms with Crippen LogP contribution in [-0.4, -0.2) is 52.8 Å². The number of urea groups is 1. The molecular formula is C11H15N3O3. The number of imide groups is 2. The fraction of sp³-hybridized carbons (Fsp3) is 0.727. The van der Waals surface area contributed by atoms with Gasteiger partial charge in [0.2, 0.25) is 0 Å². The zero-order valence-corrected chi connectivity index (χ0v) is 9.52. The minimum atomic E-state index is -0.788. The van der Waals surface area contributed by atoms with Crippen molar-refractivity contribution in [2.75, 3.05) is 13.1 Å². The van der Waals surface area contributed by atoms with Crippen molar-refractivity contribution < 1.29 is 14.4 Å². The van der Waals surface area contributed by atoms with Crippen molar-refractivity contribution in [1.82, 2.24) is 15.1 Å². The predicted molar refractivity (Wildman–Crippen MR) is 58.0 cm³/mol. The Morgan fingerprint density at radius 2 is 1.82 bits per heavy atom. The van der Waals surface area contributed by atoms with Crippen molar-refractivity contribution in [1.29, 1.82) is 0 Å². The molecule has 0 saturated carbocycles. The summed E-state index contributed by atoms with van der Waals surface area (Å²) >= 11 is 0. The van der Waals surface area contributed by atoms with Crippen LogP contribution in [0.25, 0.3) is 0 Å². The van der Waals surface area contributed by atoms with Crippen molar-refractivity contribution in [2.45, 2.75) is 37.8 Å². The van der Waals surface area contributed by atoms with Gasteiger partial charge in [0.15, 0.2) is 0 Å². The molecule has 6 heteroatoms. The Morgan fingerprint density at radius 3 is 2.53 bits per heavy atom. The van der Waals surface area contributed by atoms with Gasteiger partial charge >= 0.3 is 17.8 Å². The number of nitrogens with zero attached hydrogens (tertiary/aromatic N) is 2.